The molecule has 1 aromatic carbocycles. The Morgan fingerprint density at radius 3 is 2.35 bits per heavy atom. The van der Waals surface area contributed by atoms with Crippen molar-refractivity contribution in [2.45, 2.75) is 18.9 Å². The number of benzene rings is 1. The van der Waals surface area contributed by atoms with E-state index >= 15 is 0 Å². The molecule has 0 aliphatic carbocycles. The molecule has 0 heterocycles. The van der Waals surface area contributed by atoms with Crippen LogP contribution < -0.4 is 4.74 Å². The second-order valence-electron chi connectivity index (χ2n) is 4.67. The number of hydrogen-bond donors (Lipinski definition) is 1. The highest BCUT2D eigenvalue weighted by atomic mass is 32.2. The van der Waals surface area contributed by atoms with Crippen molar-refractivity contribution in [1.29, 1.82) is 0 Å². The van der Waals surface area contributed by atoms with Crippen molar-refractivity contribution in [1.82, 2.24) is 0 Å². The van der Waals surface area contributed by atoms with Gasteiger partial charge in [-0.15, -0.1) is 0 Å². The lowest BCUT2D eigenvalue weighted by Gasteiger charge is -2.15. The maximum absolute atomic E-state index is 10.7. The Bertz CT molecular complexity index is 532. The minimum Gasteiger partial charge on any atom is -0.491 e. The zero-order chi connectivity index (χ0) is 15.2. The van der Waals surface area contributed by atoms with Crippen LogP contribution in [-0.2, 0) is 25.5 Å². The van der Waals surface area contributed by atoms with Gasteiger partial charge in [-0.2, -0.15) is 8.42 Å². The Labute approximate surface area is 118 Å². The summed E-state index contributed by atoms with van der Waals surface area (Å²) in [7, 11) is -3.45. The fraction of sp³-hybridized carbons (Fsp3) is 0.462. The van der Waals surface area contributed by atoms with Crippen molar-refractivity contribution < 1.29 is 27.2 Å². The van der Waals surface area contributed by atoms with Crippen LogP contribution in [-0.4, -0.2) is 44.9 Å². The van der Waals surface area contributed by atoms with Crippen molar-refractivity contribution in [2.24, 2.45) is 0 Å². The zero-order valence-corrected chi connectivity index (χ0v) is 12.2. The summed E-state index contributed by atoms with van der Waals surface area (Å²) in [4.78, 5) is 10.6. The molecule has 0 saturated heterocycles. The van der Waals surface area contributed by atoms with Crippen LogP contribution in [0.5, 0.6) is 5.75 Å². The number of aldehydes is 1. The molecular weight excluding hydrogens is 284 g/mol. The Hall–Kier alpha value is -1.44. The smallest absolute Gasteiger partial charge is 0.264 e. The van der Waals surface area contributed by atoms with Crippen LogP contribution in [0.3, 0.4) is 0 Å². The van der Waals surface area contributed by atoms with E-state index in [0.717, 1.165) is 11.8 Å². The maximum atomic E-state index is 10.7. The average molecular weight is 302 g/mol. The van der Waals surface area contributed by atoms with Crippen molar-refractivity contribution in [3.8, 4) is 5.75 Å². The second-order valence-corrected chi connectivity index (χ2v) is 6.31. The van der Waals surface area contributed by atoms with Crippen molar-refractivity contribution >= 4 is 16.4 Å². The molecule has 0 aromatic heterocycles. The lowest BCUT2D eigenvalue weighted by molar-refractivity contribution is -0.122. The van der Waals surface area contributed by atoms with E-state index in [9.17, 15) is 18.3 Å². The fourth-order valence-corrected chi connectivity index (χ4v) is 1.87. The SMILES string of the molecule is CC(O)(C=O)Cc1ccc(OCCOS(C)(=O)=O)cc1. The normalized spacial score (nSPS) is 14.6. The average Bonchev–Trinajstić information content (AvgIpc) is 2.35. The van der Waals surface area contributed by atoms with E-state index in [-0.39, 0.29) is 19.6 Å². The Morgan fingerprint density at radius 1 is 1.25 bits per heavy atom. The Kier molecular flexibility index (Phi) is 5.67. The van der Waals surface area contributed by atoms with Gasteiger partial charge in [0.15, 0.2) is 6.29 Å². The summed E-state index contributed by atoms with van der Waals surface area (Å²) in [6.07, 6.45) is 1.69. The molecule has 0 amide bonds. The van der Waals surface area contributed by atoms with Crippen LogP contribution in [0.4, 0.5) is 0 Å². The summed E-state index contributed by atoms with van der Waals surface area (Å²) < 4.78 is 31.3. The predicted molar refractivity (Wildman–Crippen MR) is 73.1 cm³/mol. The Balaban J connectivity index is 2.45. The highest BCUT2D eigenvalue weighted by molar-refractivity contribution is 7.85. The highest BCUT2D eigenvalue weighted by Gasteiger charge is 2.19. The molecule has 6 nitrogen and oxygen atoms in total. The number of hydrogen-bond acceptors (Lipinski definition) is 6. The summed E-state index contributed by atoms with van der Waals surface area (Å²) in [5, 5.41) is 9.62. The van der Waals surface area contributed by atoms with E-state index in [2.05, 4.69) is 4.18 Å². The summed E-state index contributed by atoms with van der Waals surface area (Å²) in [6.45, 7) is 1.49. The molecule has 1 rings (SSSR count). The third-order valence-corrected chi connectivity index (χ3v) is 2.98. The lowest BCUT2D eigenvalue weighted by Crippen LogP contribution is -2.28. The molecule has 0 aliphatic rings. The third kappa shape index (κ3) is 6.65. The molecular formula is C13H18O6S. The first-order chi connectivity index (χ1) is 9.22. The molecule has 1 unspecified atom stereocenters. The predicted octanol–water partition coefficient (Wildman–Crippen LogP) is 0.534. The van der Waals surface area contributed by atoms with E-state index in [1.807, 2.05) is 0 Å². The first-order valence-corrected chi connectivity index (χ1v) is 7.78. The van der Waals surface area contributed by atoms with Gasteiger partial charge in [-0.3, -0.25) is 4.18 Å². The molecule has 1 N–H and O–H groups in total. The third-order valence-electron chi connectivity index (χ3n) is 2.39. The van der Waals surface area contributed by atoms with Crippen molar-refractivity contribution in [3.63, 3.8) is 0 Å². The van der Waals surface area contributed by atoms with Gasteiger partial charge >= 0.3 is 0 Å². The standard InChI is InChI=1S/C13H18O6S/c1-13(15,10-14)9-11-3-5-12(6-4-11)18-7-8-19-20(2,16)17/h3-6,10,15H,7-9H2,1-2H3. The second kappa shape index (κ2) is 6.83. The highest BCUT2D eigenvalue weighted by Crippen LogP contribution is 2.16. The van der Waals surface area contributed by atoms with Gasteiger partial charge in [0.05, 0.1) is 6.26 Å². The molecule has 0 saturated carbocycles. The molecule has 0 aliphatic heterocycles. The minimum absolute atomic E-state index is 0.0551. The molecule has 1 atom stereocenters. The summed E-state index contributed by atoms with van der Waals surface area (Å²) in [5.41, 5.74) is -0.590. The van der Waals surface area contributed by atoms with E-state index in [4.69, 9.17) is 4.74 Å². The van der Waals surface area contributed by atoms with Crippen LogP contribution in [0.15, 0.2) is 24.3 Å². The molecule has 7 heteroatoms. The summed E-state index contributed by atoms with van der Waals surface area (Å²) in [6, 6.07) is 6.81. The molecule has 0 fully saturated rings. The largest absolute Gasteiger partial charge is 0.491 e. The van der Waals surface area contributed by atoms with E-state index < -0.39 is 15.7 Å². The van der Waals surface area contributed by atoms with Gasteiger partial charge in [-0.05, 0) is 24.6 Å². The molecule has 20 heavy (non-hydrogen) atoms. The summed E-state index contributed by atoms with van der Waals surface area (Å²) in [5.74, 6) is 0.552. The van der Waals surface area contributed by atoms with Crippen molar-refractivity contribution in [2.75, 3.05) is 19.5 Å². The Morgan fingerprint density at radius 2 is 1.85 bits per heavy atom. The van der Waals surface area contributed by atoms with E-state index in [0.29, 0.717) is 12.0 Å². The minimum atomic E-state index is -3.45. The van der Waals surface area contributed by atoms with Crippen LogP contribution in [0.1, 0.15) is 12.5 Å². The fourth-order valence-electron chi connectivity index (χ4n) is 1.50. The van der Waals surface area contributed by atoms with Gasteiger partial charge < -0.3 is 14.6 Å². The lowest BCUT2D eigenvalue weighted by atomic mass is 9.98. The molecule has 1 aromatic rings. The van der Waals surface area contributed by atoms with Crippen LogP contribution >= 0.6 is 0 Å². The van der Waals surface area contributed by atoms with E-state index in [1.54, 1.807) is 24.3 Å². The topological polar surface area (TPSA) is 89.9 Å². The molecule has 112 valence electrons. The quantitative estimate of drug-likeness (QED) is 0.428. The molecule has 0 radical (unpaired) electrons. The van der Waals surface area contributed by atoms with Crippen LogP contribution in [0.2, 0.25) is 0 Å². The number of rotatable bonds is 8. The van der Waals surface area contributed by atoms with Gasteiger partial charge in [0.1, 0.15) is 24.6 Å². The first-order valence-electron chi connectivity index (χ1n) is 5.97. The van der Waals surface area contributed by atoms with Crippen LogP contribution in [0.25, 0.3) is 0 Å². The summed E-state index contributed by atoms with van der Waals surface area (Å²) >= 11 is 0. The van der Waals surface area contributed by atoms with Crippen LogP contribution in [0, 0.1) is 0 Å². The van der Waals surface area contributed by atoms with Gasteiger partial charge in [-0.1, -0.05) is 12.1 Å². The number of ether oxygens (including phenoxy) is 1. The number of aliphatic hydroxyl groups is 1. The maximum Gasteiger partial charge on any atom is 0.264 e. The van der Waals surface area contributed by atoms with Crippen molar-refractivity contribution in [3.05, 3.63) is 29.8 Å². The zero-order valence-electron chi connectivity index (χ0n) is 11.4. The van der Waals surface area contributed by atoms with E-state index in [1.165, 1.54) is 6.92 Å². The molecule has 0 bridgehead atoms. The van der Waals surface area contributed by atoms with Gasteiger partial charge in [0, 0.05) is 6.42 Å². The number of carbonyl (C=O) groups excluding carboxylic acids is 1. The monoisotopic (exact) mass is 302 g/mol. The molecule has 0 spiro atoms. The first kappa shape index (κ1) is 16.6. The van der Waals surface area contributed by atoms with Gasteiger partial charge in [0.2, 0.25) is 0 Å². The van der Waals surface area contributed by atoms with Gasteiger partial charge in [-0.25, -0.2) is 0 Å². The number of carbonyl (C=O) groups is 1. The van der Waals surface area contributed by atoms with Gasteiger partial charge in [0.25, 0.3) is 10.1 Å².